The Morgan fingerprint density at radius 3 is 2.52 bits per heavy atom. The second-order valence-electron chi connectivity index (χ2n) is 5.98. The summed E-state index contributed by atoms with van der Waals surface area (Å²) in [5.41, 5.74) is 1.18. The lowest BCUT2D eigenvalue weighted by Crippen LogP contribution is -2.32. The van der Waals surface area contributed by atoms with Crippen molar-refractivity contribution in [2.45, 2.75) is 18.6 Å². The van der Waals surface area contributed by atoms with Crippen LogP contribution >= 0.6 is 0 Å². The van der Waals surface area contributed by atoms with Gasteiger partial charge in [-0.1, -0.05) is 12.1 Å². The summed E-state index contributed by atoms with van der Waals surface area (Å²) in [7, 11) is 3.03. The molecule has 0 bridgehead atoms. The van der Waals surface area contributed by atoms with E-state index in [1.807, 2.05) is 0 Å². The lowest BCUT2D eigenvalue weighted by atomic mass is 10.0. The van der Waals surface area contributed by atoms with Gasteiger partial charge in [0.1, 0.15) is 17.3 Å². The summed E-state index contributed by atoms with van der Waals surface area (Å²) in [6.45, 7) is 0.218. The molecular weight excluding hydrogens is 325 g/mol. The van der Waals surface area contributed by atoms with Gasteiger partial charge in [-0.25, -0.2) is 4.39 Å². The molecule has 0 aromatic heterocycles. The quantitative estimate of drug-likeness (QED) is 0.926. The van der Waals surface area contributed by atoms with Crippen molar-refractivity contribution in [1.82, 2.24) is 4.90 Å². The fraction of sp³-hybridized carbons (Fsp3) is 0.316. The maximum absolute atomic E-state index is 13.2. The van der Waals surface area contributed by atoms with Crippen LogP contribution in [0.15, 0.2) is 42.5 Å². The minimum atomic E-state index is -0.622. The number of methoxy groups -OCH3 is 2. The summed E-state index contributed by atoms with van der Waals surface area (Å²) in [5.74, 6) is 0.413. The predicted octanol–water partition coefficient (Wildman–Crippen LogP) is 2.79. The average Bonchev–Trinajstić information content (AvgIpc) is 3.02. The van der Waals surface area contributed by atoms with Crippen LogP contribution in [0.5, 0.6) is 11.5 Å². The van der Waals surface area contributed by atoms with E-state index in [-0.39, 0.29) is 24.3 Å². The summed E-state index contributed by atoms with van der Waals surface area (Å²) in [6.07, 6.45) is -0.209. The van der Waals surface area contributed by atoms with Crippen LogP contribution in [0.25, 0.3) is 0 Å². The smallest absolute Gasteiger partial charge is 0.258 e. The van der Waals surface area contributed by atoms with Gasteiger partial charge in [-0.05, 0) is 36.2 Å². The molecule has 1 fully saturated rings. The Hall–Kier alpha value is -2.60. The van der Waals surface area contributed by atoms with Gasteiger partial charge in [0.05, 0.1) is 31.9 Å². The molecule has 1 N–H and O–H groups in total. The zero-order chi connectivity index (χ0) is 18.0. The molecule has 6 heteroatoms. The van der Waals surface area contributed by atoms with Crippen molar-refractivity contribution in [2.75, 3.05) is 20.8 Å². The number of β-amino-alcohol motifs (C(OH)–C–C–N with tert-alkyl or cyclic N) is 1. The number of halogens is 1. The first-order valence-electron chi connectivity index (χ1n) is 8.00. The summed E-state index contributed by atoms with van der Waals surface area (Å²) in [6, 6.07) is 10.7. The van der Waals surface area contributed by atoms with E-state index in [1.165, 1.54) is 26.4 Å². The number of carbonyl (C=O) groups is 1. The predicted molar refractivity (Wildman–Crippen MR) is 90.3 cm³/mol. The Kier molecular flexibility index (Phi) is 4.90. The first kappa shape index (κ1) is 17.2. The summed E-state index contributed by atoms with van der Waals surface area (Å²) in [5, 5.41) is 10.1. The number of ether oxygens (including phenoxy) is 2. The van der Waals surface area contributed by atoms with Crippen LogP contribution < -0.4 is 9.47 Å². The summed E-state index contributed by atoms with van der Waals surface area (Å²) < 4.78 is 23.7. The van der Waals surface area contributed by atoms with E-state index in [4.69, 9.17) is 9.47 Å². The second kappa shape index (κ2) is 7.11. The average molecular weight is 345 g/mol. The van der Waals surface area contributed by atoms with Crippen molar-refractivity contribution < 1.29 is 23.8 Å². The van der Waals surface area contributed by atoms with Crippen LogP contribution in [0, 0.1) is 5.82 Å². The Morgan fingerprint density at radius 1 is 1.16 bits per heavy atom. The lowest BCUT2D eigenvalue weighted by molar-refractivity contribution is 0.0712. The molecule has 25 heavy (non-hydrogen) atoms. The molecule has 132 valence electrons. The second-order valence-corrected chi connectivity index (χ2v) is 5.98. The molecule has 2 aromatic carbocycles. The summed E-state index contributed by atoms with van der Waals surface area (Å²) in [4.78, 5) is 14.6. The van der Waals surface area contributed by atoms with Gasteiger partial charge >= 0.3 is 0 Å². The minimum Gasteiger partial charge on any atom is -0.497 e. The molecule has 0 saturated carbocycles. The topological polar surface area (TPSA) is 59.0 Å². The number of likely N-dealkylation sites (tertiary alicyclic amines) is 1. The number of benzene rings is 2. The third-order valence-electron chi connectivity index (χ3n) is 4.43. The van der Waals surface area contributed by atoms with Gasteiger partial charge in [-0.3, -0.25) is 4.79 Å². The Morgan fingerprint density at radius 2 is 1.88 bits per heavy atom. The number of nitrogens with zero attached hydrogens (tertiary/aromatic N) is 1. The van der Waals surface area contributed by atoms with Gasteiger partial charge in [0, 0.05) is 12.6 Å². The number of carbonyl (C=O) groups excluding carboxylic acids is 1. The SMILES string of the molecule is COc1ccc(C(=O)N2C[C@H](O)C[C@H]2c2ccc(F)cc2)c(OC)c1. The Bertz CT molecular complexity index is 763. The van der Waals surface area contributed by atoms with Crippen molar-refractivity contribution >= 4 is 5.91 Å². The van der Waals surface area contributed by atoms with E-state index in [0.717, 1.165) is 5.56 Å². The minimum absolute atomic E-state index is 0.218. The normalized spacial score (nSPS) is 19.8. The number of aliphatic hydroxyl groups is 1. The van der Waals surface area contributed by atoms with Crippen molar-refractivity contribution in [3.05, 3.63) is 59.4 Å². The van der Waals surface area contributed by atoms with Gasteiger partial charge in [0.25, 0.3) is 5.91 Å². The molecule has 0 radical (unpaired) electrons. The molecule has 3 rings (SSSR count). The largest absolute Gasteiger partial charge is 0.497 e. The van der Waals surface area contributed by atoms with E-state index in [2.05, 4.69) is 0 Å². The molecule has 1 aliphatic heterocycles. The van der Waals surface area contributed by atoms with E-state index in [0.29, 0.717) is 23.5 Å². The third kappa shape index (κ3) is 3.44. The fourth-order valence-corrected chi connectivity index (χ4v) is 3.17. The van der Waals surface area contributed by atoms with Crippen LogP contribution in [0.1, 0.15) is 28.4 Å². The Labute approximate surface area is 145 Å². The van der Waals surface area contributed by atoms with Gasteiger partial charge in [-0.15, -0.1) is 0 Å². The van der Waals surface area contributed by atoms with E-state index in [9.17, 15) is 14.3 Å². The van der Waals surface area contributed by atoms with Crippen molar-refractivity contribution in [3.63, 3.8) is 0 Å². The zero-order valence-electron chi connectivity index (χ0n) is 14.1. The number of aliphatic hydroxyl groups excluding tert-OH is 1. The maximum atomic E-state index is 13.2. The standard InChI is InChI=1S/C19H20FNO4/c1-24-15-7-8-16(18(10-15)25-2)19(23)21-11-14(22)9-17(21)12-3-5-13(20)6-4-12/h3-8,10,14,17,22H,9,11H2,1-2H3/t14-,17+/m1/s1. The van der Waals surface area contributed by atoms with Crippen molar-refractivity contribution in [1.29, 1.82) is 0 Å². The number of hydrogen-bond acceptors (Lipinski definition) is 4. The molecule has 1 aliphatic rings. The van der Waals surface area contributed by atoms with Crippen molar-refractivity contribution in [2.24, 2.45) is 0 Å². The van der Waals surface area contributed by atoms with Crippen LogP contribution in [-0.4, -0.2) is 42.8 Å². The molecule has 1 heterocycles. The van der Waals surface area contributed by atoms with E-state index < -0.39 is 6.10 Å². The molecule has 2 aromatic rings. The van der Waals surface area contributed by atoms with Crippen LogP contribution in [0.4, 0.5) is 4.39 Å². The Balaban J connectivity index is 1.93. The van der Waals surface area contributed by atoms with Crippen molar-refractivity contribution in [3.8, 4) is 11.5 Å². The van der Waals surface area contributed by atoms with E-state index >= 15 is 0 Å². The first-order valence-corrected chi connectivity index (χ1v) is 8.00. The van der Waals surface area contributed by atoms with Gasteiger partial charge in [0.15, 0.2) is 0 Å². The highest BCUT2D eigenvalue weighted by atomic mass is 19.1. The first-order chi connectivity index (χ1) is 12.0. The molecule has 5 nitrogen and oxygen atoms in total. The zero-order valence-corrected chi connectivity index (χ0v) is 14.1. The highest BCUT2D eigenvalue weighted by Gasteiger charge is 2.36. The van der Waals surface area contributed by atoms with Crippen LogP contribution in [0.3, 0.4) is 0 Å². The van der Waals surface area contributed by atoms with Gasteiger partial charge in [-0.2, -0.15) is 0 Å². The fourth-order valence-electron chi connectivity index (χ4n) is 3.17. The molecule has 1 saturated heterocycles. The molecular formula is C19H20FNO4. The third-order valence-corrected chi connectivity index (χ3v) is 4.43. The number of hydrogen-bond donors (Lipinski definition) is 1. The molecule has 0 unspecified atom stereocenters. The molecule has 1 amide bonds. The van der Waals surface area contributed by atoms with Gasteiger partial charge < -0.3 is 19.5 Å². The van der Waals surface area contributed by atoms with Gasteiger partial charge in [0.2, 0.25) is 0 Å². The van der Waals surface area contributed by atoms with E-state index in [1.54, 1.807) is 35.2 Å². The molecule has 0 spiro atoms. The summed E-state index contributed by atoms with van der Waals surface area (Å²) >= 11 is 0. The highest BCUT2D eigenvalue weighted by Crippen LogP contribution is 2.35. The number of amides is 1. The monoisotopic (exact) mass is 345 g/mol. The number of rotatable bonds is 4. The van der Waals surface area contributed by atoms with Crippen LogP contribution in [0.2, 0.25) is 0 Å². The lowest BCUT2D eigenvalue weighted by Gasteiger charge is -2.25. The van der Waals surface area contributed by atoms with Crippen LogP contribution in [-0.2, 0) is 0 Å². The maximum Gasteiger partial charge on any atom is 0.258 e. The highest BCUT2D eigenvalue weighted by molar-refractivity contribution is 5.97. The molecule has 0 aliphatic carbocycles. The molecule has 2 atom stereocenters.